The van der Waals surface area contributed by atoms with Gasteiger partial charge in [-0.15, -0.1) is 0 Å². The van der Waals surface area contributed by atoms with Crippen molar-refractivity contribution in [3.05, 3.63) is 29.8 Å². The second-order valence-corrected chi connectivity index (χ2v) is 3.49. The Labute approximate surface area is 89.7 Å². The summed E-state index contributed by atoms with van der Waals surface area (Å²) in [7, 11) is 0. The van der Waals surface area contributed by atoms with Gasteiger partial charge < -0.3 is 5.32 Å². The molecule has 0 aliphatic heterocycles. The maximum atomic E-state index is 11.5. The number of rotatable bonds is 3. The molecule has 0 aliphatic carbocycles. The topological polar surface area (TPSA) is 52.9 Å². The molecule has 15 heavy (non-hydrogen) atoms. The quantitative estimate of drug-likeness (QED) is 0.818. The lowest BCUT2D eigenvalue weighted by molar-refractivity contribution is -0.119. The number of nitrogens with zero attached hydrogens (tertiary/aromatic N) is 1. The largest absolute Gasteiger partial charge is 0.326 e. The van der Waals surface area contributed by atoms with Crippen LogP contribution in [0.5, 0.6) is 0 Å². The third kappa shape index (κ3) is 3.10. The molecule has 1 aromatic rings. The van der Waals surface area contributed by atoms with Gasteiger partial charge in [-0.05, 0) is 30.7 Å². The van der Waals surface area contributed by atoms with Gasteiger partial charge in [-0.25, -0.2) is 0 Å². The van der Waals surface area contributed by atoms with E-state index in [2.05, 4.69) is 5.32 Å². The van der Waals surface area contributed by atoms with Crippen molar-refractivity contribution in [1.29, 1.82) is 5.26 Å². The predicted molar refractivity (Wildman–Crippen MR) is 59.2 cm³/mol. The summed E-state index contributed by atoms with van der Waals surface area (Å²) in [6.45, 7) is 3.86. The van der Waals surface area contributed by atoms with Crippen LogP contribution in [0, 0.1) is 17.2 Å². The first-order valence-corrected chi connectivity index (χ1v) is 4.98. The van der Waals surface area contributed by atoms with Gasteiger partial charge in [0.1, 0.15) is 0 Å². The first-order chi connectivity index (χ1) is 7.17. The molecule has 0 aliphatic rings. The van der Waals surface area contributed by atoms with Crippen LogP contribution in [0.1, 0.15) is 25.8 Å². The lowest BCUT2D eigenvalue weighted by atomic mass is 10.1. The summed E-state index contributed by atoms with van der Waals surface area (Å²) < 4.78 is 0. The summed E-state index contributed by atoms with van der Waals surface area (Å²) in [6, 6.07) is 8.87. The van der Waals surface area contributed by atoms with Crippen molar-refractivity contribution < 1.29 is 4.79 Å². The Balaban J connectivity index is 2.66. The fourth-order valence-corrected chi connectivity index (χ4v) is 1.08. The highest BCUT2D eigenvalue weighted by Crippen LogP contribution is 2.11. The minimum atomic E-state index is 0.0145. The molecule has 0 heterocycles. The molecule has 0 saturated heterocycles. The molecule has 0 radical (unpaired) electrons. The van der Waals surface area contributed by atoms with Crippen molar-refractivity contribution in [3.63, 3.8) is 0 Å². The molecule has 1 N–H and O–H groups in total. The monoisotopic (exact) mass is 202 g/mol. The first-order valence-electron chi connectivity index (χ1n) is 4.98. The van der Waals surface area contributed by atoms with Crippen molar-refractivity contribution >= 4 is 11.6 Å². The number of hydrogen-bond donors (Lipinski definition) is 1. The van der Waals surface area contributed by atoms with Gasteiger partial charge in [0, 0.05) is 11.6 Å². The van der Waals surface area contributed by atoms with Crippen molar-refractivity contribution in [2.45, 2.75) is 20.3 Å². The van der Waals surface area contributed by atoms with Crippen LogP contribution in [0.15, 0.2) is 24.3 Å². The zero-order valence-electron chi connectivity index (χ0n) is 8.95. The Hall–Kier alpha value is -1.82. The maximum Gasteiger partial charge on any atom is 0.227 e. The smallest absolute Gasteiger partial charge is 0.227 e. The zero-order valence-corrected chi connectivity index (χ0v) is 8.95. The Morgan fingerprint density at radius 2 is 2.07 bits per heavy atom. The predicted octanol–water partition coefficient (Wildman–Crippen LogP) is 2.54. The van der Waals surface area contributed by atoms with Crippen LogP contribution < -0.4 is 5.32 Å². The van der Waals surface area contributed by atoms with Crippen LogP contribution in [0.4, 0.5) is 5.69 Å². The van der Waals surface area contributed by atoms with E-state index in [0.29, 0.717) is 5.56 Å². The number of nitriles is 1. The van der Waals surface area contributed by atoms with E-state index in [9.17, 15) is 4.79 Å². The van der Waals surface area contributed by atoms with Gasteiger partial charge in [-0.1, -0.05) is 13.8 Å². The Morgan fingerprint density at radius 1 is 1.47 bits per heavy atom. The van der Waals surface area contributed by atoms with Gasteiger partial charge in [0.2, 0.25) is 5.91 Å². The molecule has 1 rings (SSSR count). The molecule has 0 saturated carbocycles. The number of amides is 1. The van der Waals surface area contributed by atoms with E-state index in [-0.39, 0.29) is 11.8 Å². The summed E-state index contributed by atoms with van der Waals surface area (Å²) in [5.41, 5.74) is 1.33. The average molecular weight is 202 g/mol. The van der Waals surface area contributed by atoms with Gasteiger partial charge in [-0.2, -0.15) is 5.26 Å². The molecule has 0 unspecified atom stereocenters. The van der Waals surface area contributed by atoms with Gasteiger partial charge in [0.25, 0.3) is 0 Å². The number of carbonyl (C=O) groups is 1. The normalized spacial score (nSPS) is 11.5. The van der Waals surface area contributed by atoms with E-state index in [1.807, 2.05) is 19.9 Å². The van der Waals surface area contributed by atoms with E-state index in [1.165, 1.54) is 0 Å². The molecular weight excluding hydrogens is 188 g/mol. The Morgan fingerprint density at radius 3 is 2.53 bits per heavy atom. The van der Waals surface area contributed by atoms with Gasteiger partial charge in [0.05, 0.1) is 11.6 Å². The molecule has 0 fully saturated rings. The van der Waals surface area contributed by atoms with Gasteiger partial charge in [-0.3, -0.25) is 4.79 Å². The SMILES string of the molecule is CC[C@@H](C)C(=O)Nc1ccc(C#N)cc1. The Bertz CT molecular complexity index is 376. The highest BCUT2D eigenvalue weighted by atomic mass is 16.1. The van der Waals surface area contributed by atoms with Crippen LogP contribution in [-0.2, 0) is 4.79 Å². The highest BCUT2D eigenvalue weighted by Gasteiger charge is 2.09. The van der Waals surface area contributed by atoms with Crippen molar-refractivity contribution in [2.24, 2.45) is 5.92 Å². The van der Waals surface area contributed by atoms with Crippen LogP contribution in [-0.4, -0.2) is 5.91 Å². The van der Waals surface area contributed by atoms with E-state index < -0.39 is 0 Å². The van der Waals surface area contributed by atoms with Crippen LogP contribution in [0.25, 0.3) is 0 Å². The lowest BCUT2D eigenvalue weighted by Gasteiger charge is -2.09. The summed E-state index contributed by atoms with van der Waals surface area (Å²) >= 11 is 0. The number of nitrogens with one attached hydrogen (secondary N) is 1. The van der Waals surface area contributed by atoms with Crippen molar-refractivity contribution in [3.8, 4) is 6.07 Å². The molecule has 3 nitrogen and oxygen atoms in total. The second-order valence-electron chi connectivity index (χ2n) is 3.49. The molecule has 78 valence electrons. The number of hydrogen-bond acceptors (Lipinski definition) is 2. The molecule has 1 aromatic carbocycles. The van der Waals surface area contributed by atoms with Crippen LogP contribution in [0.3, 0.4) is 0 Å². The van der Waals surface area contributed by atoms with E-state index in [4.69, 9.17) is 5.26 Å². The average Bonchev–Trinajstić information content (AvgIpc) is 2.29. The molecule has 0 bridgehead atoms. The lowest BCUT2D eigenvalue weighted by Crippen LogP contribution is -2.19. The molecule has 0 spiro atoms. The number of benzene rings is 1. The number of carbonyl (C=O) groups excluding carboxylic acids is 1. The summed E-state index contributed by atoms with van der Waals surface area (Å²) in [6.07, 6.45) is 0.822. The third-order valence-electron chi connectivity index (χ3n) is 2.34. The van der Waals surface area contributed by atoms with Crippen LogP contribution >= 0.6 is 0 Å². The Kier molecular flexibility index (Phi) is 3.87. The minimum absolute atomic E-state index is 0.0145. The van der Waals surface area contributed by atoms with Gasteiger partial charge >= 0.3 is 0 Å². The van der Waals surface area contributed by atoms with Crippen LogP contribution in [0.2, 0.25) is 0 Å². The maximum absolute atomic E-state index is 11.5. The minimum Gasteiger partial charge on any atom is -0.326 e. The fourth-order valence-electron chi connectivity index (χ4n) is 1.08. The second kappa shape index (κ2) is 5.16. The molecule has 3 heteroatoms. The van der Waals surface area contributed by atoms with Gasteiger partial charge in [0.15, 0.2) is 0 Å². The fraction of sp³-hybridized carbons (Fsp3) is 0.333. The molecule has 0 aromatic heterocycles. The summed E-state index contributed by atoms with van der Waals surface area (Å²) in [4.78, 5) is 11.5. The molecular formula is C12H14N2O. The van der Waals surface area contributed by atoms with E-state index in [1.54, 1.807) is 24.3 Å². The van der Waals surface area contributed by atoms with Crippen molar-refractivity contribution in [2.75, 3.05) is 5.32 Å². The summed E-state index contributed by atoms with van der Waals surface area (Å²) in [5.74, 6) is 0.0304. The number of anilines is 1. The standard InChI is InChI=1S/C12H14N2O/c1-3-9(2)12(15)14-11-6-4-10(8-13)5-7-11/h4-7,9H,3H2,1-2H3,(H,14,15)/t9-/m1/s1. The first kappa shape index (κ1) is 11.3. The zero-order chi connectivity index (χ0) is 11.3. The van der Waals surface area contributed by atoms with E-state index >= 15 is 0 Å². The third-order valence-corrected chi connectivity index (χ3v) is 2.34. The summed E-state index contributed by atoms with van der Waals surface area (Å²) in [5, 5.41) is 11.4. The molecule has 1 amide bonds. The highest BCUT2D eigenvalue weighted by molar-refractivity contribution is 5.92. The van der Waals surface area contributed by atoms with E-state index in [0.717, 1.165) is 12.1 Å². The molecule has 1 atom stereocenters. The van der Waals surface area contributed by atoms with Crippen molar-refractivity contribution in [1.82, 2.24) is 0 Å².